The van der Waals surface area contributed by atoms with Gasteiger partial charge in [0.2, 0.25) is 11.8 Å². The molecule has 4 nitrogen and oxygen atoms in total. The minimum absolute atomic E-state index is 0.0157. The second-order valence-corrected chi connectivity index (χ2v) is 6.36. The average molecular weight is 343 g/mol. The monoisotopic (exact) mass is 342 g/mol. The van der Waals surface area contributed by atoms with Crippen LogP contribution in [0.2, 0.25) is 10.0 Å². The summed E-state index contributed by atoms with van der Waals surface area (Å²) in [6, 6.07) is 5.41. The summed E-state index contributed by atoms with van der Waals surface area (Å²) in [7, 11) is 1.63. The fourth-order valence-corrected chi connectivity index (χ4v) is 3.05. The van der Waals surface area contributed by atoms with E-state index < -0.39 is 0 Å². The molecule has 1 atom stereocenters. The molecule has 2 rings (SSSR count). The van der Waals surface area contributed by atoms with Crippen molar-refractivity contribution in [3.05, 3.63) is 33.8 Å². The first-order chi connectivity index (χ1) is 10.5. The molecule has 1 aromatic carbocycles. The summed E-state index contributed by atoms with van der Waals surface area (Å²) in [5.74, 6) is 0.00864. The molecule has 1 heterocycles. The van der Waals surface area contributed by atoms with E-state index in [-0.39, 0.29) is 17.7 Å². The van der Waals surface area contributed by atoms with Crippen LogP contribution < -0.4 is 5.32 Å². The van der Waals surface area contributed by atoms with E-state index in [2.05, 4.69) is 5.32 Å². The van der Waals surface area contributed by atoms with E-state index in [1.165, 1.54) is 0 Å². The van der Waals surface area contributed by atoms with E-state index in [4.69, 9.17) is 23.2 Å². The van der Waals surface area contributed by atoms with E-state index >= 15 is 0 Å². The lowest BCUT2D eigenvalue weighted by Crippen LogP contribution is -2.44. The van der Waals surface area contributed by atoms with Gasteiger partial charge in [-0.2, -0.15) is 0 Å². The van der Waals surface area contributed by atoms with Crippen LogP contribution in [-0.2, 0) is 16.0 Å². The van der Waals surface area contributed by atoms with Gasteiger partial charge < -0.3 is 10.2 Å². The minimum atomic E-state index is -0.0901. The number of halogens is 2. The van der Waals surface area contributed by atoms with Gasteiger partial charge in [-0.15, -0.1) is 0 Å². The lowest BCUT2D eigenvalue weighted by atomic mass is 9.96. The molecular formula is C16H20Cl2N2O2. The third kappa shape index (κ3) is 4.37. The highest BCUT2D eigenvalue weighted by atomic mass is 35.5. The van der Waals surface area contributed by atoms with Crippen LogP contribution in [0.15, 0.2) is 18.2 Å². The molecular weight excluding hydrogens is 323 g/mol. The van der Waals surface area contributed by atoms with Crippen LogP contribution in [0.25, 0.3) is 0 Å². The molecule has 1 N–H and O–H groups in total. The number of carbonyl (C=O) groups excluding carboxylic acids is 2. The predicted octanol–water partition coefficient (Wildman–Crippen LogP) is 2.91. The highest BCUT2D eigenvalue weighted by Gasteiger charge is 2.27. The molecule has 0 radical (unpaired) electrons. The molecule has 1 fully saturated rings. The molecule has 0 saturated carbocycles. The smallest absolute Gasteiger partial charge is 0.224 e. The highest BCUT2D eigenvalue weighted by Crippen LogP contribution is 2.23. The van der Waals surface area contributed by atoms with Crippen molar-refractivity contribution in [1.29, 1.82) is 0 Å². The quantitative estimate of drug-likeness (QED) is 0.914. The first-order valence-corrected chi connectivity index (χ1v) is 8.20. The van der Waals surface area contributed by atoms with E-state index in [0.29, 0.717) is 29.4 Å². The van der Waals surface area contributed by atoms with Crippen LogP contribution in [0.1, 0.15) is 24.8 Å². The molecule has 1 aromatic rings. The number of nitrogens with zero attached hydrogens (tertiary/aromatic N) is 1. The zero-order valence-corrected chi connectivity index (χ0v) is 14.1. The Labute approximate surface area is 140 Å². The Morgan fingerprint density at radius 2 is 2.09 bits per heavy atom. The van der Waals surface area contributed by atoms with Gasteiger partial charge in [0.05, 0.1) is 16.0 Å². The van der Waals surface area contributed by atoms with E-state index in [1.807, 2.05) is 6.07 Å². The van der Waals surface area contributed by atoms with Gasteiger partial charge in [-0.3, -0.25) is 9.59 Å². The summed E-state index contributed by atoms with van der Waals surface area (Å²) in [5, 5.41) is 3.68. The summed E-state index contributed by atoms with van der Waals surface area (Å²) >= 11 is 11.9. The number of nitrogens with one attached hydrogen (secondary N) is 1. The van der Waals surface area contributed by atoms with Crippen LogP contribution in [-0.4, -0.2) is 36.9 Å². The normalized spacial score (nSPS) is 18.1. The molecule has 1 aliphatic heterocycles. The van der Waals surface area contributed by atoms with Crippen LogP contribution in [0.4, 0.5) is 0 Å². The average Bonchev–Trinajstić information content (AvgIpc) is 2.55. The molecule has 1 unspecified atom stereocenters. The first kappa shape index (κ1) is 17.1. The number of carbonyl (C=O) groups is 2. The highest BCUT2D eigenvalue weighted by molar-refractivity contribution is 6.42. The van der Waals surface area contributed by atoms with Gasteiger partial charge in [0.1, 0.15) is 0 Å². The van der Waals surface area contributed by atoms with Crippen LogP contribution in [0.3, 0.4) is 0 Å². The SMILES string of the molecule is CNC(=O)C1CCCN(C(=O)CCc2ccc(Cl)c(Cl)c2)C1. The predicted molar refractivity (Wildman–Crippen MR) is 88.2 cm³/mol. The first-order valence-electron chi connectivity index (χ1n) is 7.44. The van der Waals surface area contributed by atoms with Crippen molar-refractivity contribution in [2.24, 2.45) is 5.92 Å². The van der Waals surface area contributed by atoms with Crippen molar-refractivity contribution < 1.29 is 9.59 Å². The summed E-state index contributed by atoms with van der Waals surface area (Å²) < 4.78 is 0. The maximum atomic E-state index is 12.3. The number of aryl methyl sites for hydroxylation is 1. The molecule has 2 amide bonds. The number of rotatable bonds is 4. The third-order valence-electron chi connectivity index (χ3n) is 4.00. The Morgan fingerprint density at radius 1 is 1.32 bits per heavy atom. The molecule has 0 aromatic heterocycles. The maximum Gasteiger partial charge on any atom is 0.224 e. The second-order valence-electron chi connectivity index (χ2n) is 5.54. The summed E-state index contributed by atoms with van der Waals surface area (Å²) in [4.78, 5) is 25.8. The lowest BCUT2D eigenvalue weighted by molar-refractivity contribution is -0.135. The topological polar surface area (TPSA) is 49.4 Å². The number of likely N-dealkylation sites (tertiary alicyclic amines) is 1. The van der Waals surface area contributed by atoms with E-state index in [9.17, 15) is 9.59 Å². The van der Waals surface area contributed by atoms with E-state index in [1.54, 1.807) is 24.1 Å². The summed E-state index contributed by atoms with van der Waals surface area (Å²) in [6.07, 6.45) is 2.75. The van der Waals surface area contributed by atoms with Crippen LogP contribution in [0, 0.1) is 5.92 Å². The summed E-state index contributed by atoms with van der Waals surface area (Å²) in [6.45, 7) is 1.24. The minimum Gasteiger partial charge on any atom is -0.359 e. The van der Waals surface area contributed by atoms with Crippen LogP contribution in [0.5, 0.6) is 0 Å². The fraction of sp³-hybridized carbons (Fsp3) is 0.500. The number of hydrogen-bond acceptors (Lipinski definition) is 2. The summed E-state index contributed by atoms with van der Waals surface area (Å²) in [5.41, 5.74) is 0.989. The molecule has 0 bridgehead atoms. The number of amides is 2. The molecule has 1 saturated heterocycles. The van der Waals surface area contributed by atoms with Gasteiger partial charge in [0.25, 0.3) is 0 Å². The molecule has 120 valence electrons. The van der Waals surface area contributed by atoms with E-state index in [0.717, 1.165) is 24.9 Å². The van der Waals surface area contributed by atoms with Crippen molar-refractivity contribution in [3.8, 4) is 0 Å². The Morgan fingerprint density at radius 3 is 2.77 bits per heavy atom. The number of piperidine rings is 1. The molecule has 22 heavy (non-hydrogen) atoms. The molecule has 0 spiro atoms. The zero-order chi connectivity index (χ0) is 16.1. The van der Waals surface area contributed by atoms with Gasteiger partial charge in [0, 0.05) is 26.6 Å². The fourth-order valence-electron chi connectivity index (χ4n) is 2.73. The second kappa shape index (κ2) is 7.84. The van der Waals surface area contributed by atoms with Crippen molar-refractivity contribution >= 4 is 35.0 Å². The van der Waals surface area contributed by atoms with Crippen molar-refractivity contribution in [2.75, 3.05) is 20.1 Å². The molecule has 0 aliphatic carbocycles. The Hall–Kier alpha value is -1.26. The number of hydrogen-bond donors (Lipinski definition) is 1. The van der Waals surface area contributed by atoms with Crippen molar-refractivity contribution in [1.82, 2.24) is 10.2 Å². The van der Waals surface area contributed by atoms with Gasteiger partial charge in [-0.1, -0.05) is 29.3 Å². The van der Waals surface area contributed by atoms with Gasteiger partial charge in [-0.25, -0.2) is 0 Å². The Kier molecular flexibility index (Phi) is 6.09. The van der Waals surface area contributed by atoms with Crippen molar-refractivity contribution in [3.63, 3.8) is 0 Å². The Balaban J connectivity index is 1.88. The molecule has 1 aliphatic rings. The van der Waals surface area contributed by atoms with Gasteiger partial charge in [-0.05, 0) is 37.0 Å². The maximum absolute atomic E-state index is 12.3. The largest absolute Gasteiger partial charge is 0.359 e. The third-order valence-corrected chi connectivity index (χ3v) is 4.74. The lowest BCUT2D eigenvalue weighted by Gasteiger charge is -2.32. The zero-order valence-electron chi connectivity index (χ0n) is 12.6. The standard InChI is InChI=1S/C16H20Cl2N2O2/c1-19-16(22)12-3-2-8-20(10-12)15(21)7-5-11-4-6-13(17)14(18)9-11/h4,6,9,12H,2-3,5,7-8,10H2,1H3,(H,19,22). The number of benzene rings is 1. The van der Waals surface area contributed by atoms with Crippen LogP contribution >= 0.6 is 23.2 Å². The van der Waals surface area contributed by atoms with Gasteiger partial charge >= 0.3 is 0 Å². The van der Waals surface area contributed by atoms with Gasteiger partial charge in [0.15, 0.2) is 0 Å². The molecule has 6 heteroatoms. The Bertz CT molecular complexity index is 563. The van der Waals surface area contributed by atoms with Crippen molar-refractivity contribution in [2.45, 2.75) is 25.7 Å².